The number of rotatable bonds is 6. The van der Waals surface area contributed by atoms with E-state index in [1.54, 1.807) is 7.11 Å². The molecule has 0 radical (unpaired) electrons. The topological polar surface area (TPSA) is 106 Å². The lowest BCUT2D eigenvalue weighted by molar-refractivity contribution is -0.129. The lowest BCUT2D eigenvalue weighted by Gasteiger charge is -2.37. The first kappa shape index (κ1) is 23.4. The summed E-state index contributed by atoms with van der Waals surface area (Å²) in [7, 11) is 5.56. The van der Waals surface area contributed by atoms with E-state index in [9.17, 15) is 15.0 Å². The summed E-state index contributed by atoms with van der Waals surface area (Å²) in [5, 5.41) is 27.6. The Morgan fingerprint density at radius 1 is 1.18 bits per heavy atom. The van der Waals surface area contributed by atoms with E-state index in [1.165, 1.54) is 11.8 Å². The highest BCUT2D eigenvalue weighted by molar-refractivity contribution is 8.15. The van der Waals surface area contributed by atoms with Crippen molar-refractivity contribution in [1.82, 2.24) is 5.32 Å². The number of carbonyl (C=O) groups excluding carboxylic acids is 1. The molecule has 2 aromatic rings. The Balaban J connectivity index is 1.44. The molecule has 5 atom stereocenters. The molecular formula is C24H30N4O4S. The summed E-state index contributed by atoms with van der Waals surface area (Å²) in [6.07, 6.45) is -1.82. The number of para-hydroxylation sites is 1. The second-order valence-corrected chi connectivity index (χ2v) is 9.67. The first-order valence-electron chi connectivity index (χ1n) is 10.9. The smallest absolute Gasteiger partial charge is 0.224 e. The van der Waals surface area contributed by atoms with Crippen molar-refractivity contribution >= 4 is 34.2 Å². The van der Waals surface area contributed by atoms with Crippen LogP contribution in [0.4, 0.5) is 11.4 Å². The number of nitrogens with one attached hydrogen (secondary N) is 2. The van der Waals surface area contributed by atoms with Crippen LogP contribution in [0.15, 0.2) is 53.5 Å². The van der Waals surface area contributed by atoms with Gasteiger partial charge in [-0.15, -0.1) is 0 Å². The molecule has 4 N–H and O–H groups in total. The Labute approximate surface area is 198 Å². The summed E-state index contributed by atoms with van der Waals surface area (Å²) in [5.74, 6) is 0.0635. The van der Waals surface area contributed by atoms with Gasteiger partial charge in [-0.3, -0.25) is 9.79 Å². The molecule has 176 valence electrons. The molecule has 1 heterocycles. The van der Waals surface area contributed by atoms with Gasteiger partial charge in [0.1, 0.15) is 11.9 Å². The zero-order chi connectivity index (χ0) is 23.5. The van der Waals surface area contributed by atoms with E-state index in [0.29, 0.717) is 17.5 Å². The fraction of sp³-hybridized carbons (Fsp3) is 0.417. The van der Waals surface area contributed by atoms with Crippen molar-refractivity contribution in [2.45, 2.75) is 36.5 Å². The molecule has 1 amide bonds. The summed E-state index contributed by atoms with van der Waals surface area (Å²) >= 11 is 1.44. The fourth-order valence-corrected chi connectivity index (χ4v) is 5.61. The zero-order valence-electron chi connectivity index (χ0n) is 18.9. The number of aliphatic imine (C=N–C) groups is 1. The van der Waals surface area contributed by atoms with Gasteiger partial charge in [0.25, 0.3) is 0 Å². The van der Waals surface area contributed by atoms with Crippen molar-refractivity contribution in [2.75, 3.05) is 31.4 Å². The van der Waals surface area contributed by atoms with Crippen LogP contribution >= 0.6 is 11.8 Å². The lowest BCUT2D eigenvalue weighted by Crippen LogP contribution is -2.53. The van der Waals surface area contributed by atoms with E-state index in [1.807, 2.05) is 67.5 Å². The number of nitrogens with zero attached hydrogens (tertiary/aromatic N) is 2. The van der Waals surface area contributed by atoms with Gasteiger partial charge in [0.05, 0.1) is 25.2 Å². The summed E-state index contributed by atoms with van der Waals surface area (Å²) in [5.41, 5.74) is 2.83. The van der Waals surface area contributed by atoms with Gasteiger partial charge >= 0.3 is 0 Å². The standard InChI is InChI=1S/C24H30N4O4S/c1-28(2)16-10-8-15(9-11-16)26-24-27-20-21(30)18(29)12-17(22(20)33-24)23(31)25-13-14-6-4-5-7-19(14)32-3/h4-11,17-18,20-22,29-30H,12-13H2,1-3H3,(H,25,31)(H,26,27)/t17-,18+,20-,21-,22+/m0/s1. The minimum absolute atomic E-state index is 0.166. The minimum Gasteiger partial charge on any atom is -0.496 e. The van der Waals surface area contributed by atoms with Gasteiger partial charge in [-0.25, -0.2) is 0 Å². The highest BCUT2D eigenvalue weighted by atomic mass is 32.2. The summed E-state index contributed by atoms with van der Waals surface area (Å²) < 4.78 is 5.36. The molecule has 8 nitrogen and oxygen atoms in total. The summed E-state index contributed by atoms with van der Waals surface area (Å²) in [4.78, 5) is 19.7. The molecular weight excluding hydrogens is 440 g/mol. The van der Waals surface area contributed by atoms with Crippen molar-refractivity contribution in [1.29, 1.82) is 0 Å². The maximum Gasteiger partial charge on any atom is 0.224 e. The Morgan fingerprint density at radius 3 is 2.61 bits per heavy atom. The second-order valence-electron chi connectivity index (χ2n) is 8.50. The normalized spacial score (nSPS) is 26.2. The van der Waals surface area contributed by atoms with Gasteiger partial charge < -0.3 is 30.5 Å². The van der Waals surface area contributed by atoms with Crippen molar-refractivity contribution in [2.24, 2.45) is 10.9 Å². The van der Waals surface area contributed by atoms with Crippen molar-refractivity contribution in [3.63, 3.8) is 0 Å². The van der Waals surface area contributed by atoms with Crippen LogP contribution < -0.4 is 20.3 Å². The number of thioether (sulfide) groups is 1. The van der Waals surface area contributed by atoms with Crippen molar-refractivity contribution in [3.8, 4) is 5.75 Å². The van der Waals surface area contributed by atoms with Gasteiger partial charge in [-0.05, 0) is 36.8 Å². The molecule has 0 aromatic heterocycles. The summed E-state index contributed by atoms with van der Waals surface area (Å²) in [6.45, 7) is 0.324. The predicted molar refractivity (Wildman–Crippen MR) is 132 cm³/mol. The molecule has 33 heavy (non-hydrogen) atoms. The zero-order valence-corrected chi connectivity index (χ0v) is 19.7. The molecule has 4 rings (SSSR count). The Hall–Kier alpha value is -2.75. The van der Waals surface area contributed by atoms with Crippen LogP contribution in [-0.4, -0.2) is 66.0 Å². The number of benzene rings is 2. The van der Waals surface area contributed by atoms with Crippen LogP contribution in [0.3, 0.4) is 0 Å². The number of hydrogen-bond acceptors (Lipinski definition) is 8. The number of hydrogen-bond donors (Lipinski definition) is 4. The predicted octanol–water partition coefficient (Wildman–Crippen LogP) is 2.07. The maximum absolute atomic E-state index is 13.1. The first-order valence-corrected chi connectivity index (χ1v) is 11.8. The number of carbonyl (C=O) groups is 1. The lowest BCUT2D eigenvalue weighted by atomic mass is 9.81. The Morgan fingerprint density at radius 2 is 1.91 bits per heavy atom. The van der Waals surface area contributed by atoms with Crippen LogP contribution in [0.2, 0.25) is 0 Å². The number of amidine groups is 1. The number of aliphatic hydroxyl groups is 2. The van der Waals surface area contributed by atoms with Crippen LogP contribution in [-0.2, 0) is 11.3 Å². The van der Waals surface area contributed by atoms with E-state index >= 15 is 0 Å². The van der Waals surface area contributed by atoms with Gasteiger partial charge in [0.2, 0.25) is 5.91 Å². The third kappa shape index (κ3) is 5.10. The number of anilines is 2. The number of fused-ring (bicyclic) bond motifs is 1. The van der Waals surface area contributed by atoms with E-state index in [2.05, 4.69) is 15.6 Å². The quantitative estimate of drug-likeness (QED) is 0.512. The Kier molecular flexibility index (Phi) is 7.11. The number of amides is 1. The monoisotopic (exact) mass is 470 g/mol. The third-order valence-corrected chi connectivity index (χ3v) is 7.41. The largest absolute Gasteiger partial charge is 0.496 e. The van der Waals surface area contributed by atoms with Gasteiger partial charge in [0, 0.05) is 42.8 Å². The van der Waals surface area contributed by atoms with Gasteiger partial charge in [-0.2, -0.15) is 0 Å². The molecule has 2 aliphatic rings. The highest BCUT2D eigenvalue weighted by Gasteiger charge is 2.50. The second kappa shape index (κ2) is 10.0. The SMILES string of the molecule is COc1ccccc1CNC(=O)[C@H]1C[C@@H](O)[C@H](O)[C@@H]2N=C(Nc3ccc(N(C)C)cc3)S[C@@H]21. The average Bonchev–Trinajstić information content (AvgIpc) is 3.24. The van der Waals surface area contributed by atoms with Crippen LogP contribution in [0.25, 0.3) is 0 Å². The number of methoxy groups -OCH3 is 1. The minimum atomic E-state index is -1.00. The highest BCUT2D eigenvalue weighted by Crippen LogP contribution is 2.41. The molecule has 9 heteroatoms. The van der Waals surface area contributed by atoms with Crippen LogP contribution in [0.5, 0.6) is 5.75 Å². The first-order chi connectivity index (χ1) is 15.9. The van der Waals surface area contributed by atoms with E-state index in [-0.39, 0.29) is 17.6 Å². The summed E-state index contributed by atoms with van der Waals surface area (Å²) in [6, 6.07) is 14.9. The molecule has 0 spiro atoms. The van der Waals surface area contributed by atoms with E-state index < -0.39 is 24.2 Å². The van der Waals surface area contributed by atoms with E-state index in [0.717, 1.165) is 16.9 Å². The van der Waals surface area contributed by atoms with Gasteiger partial charge in [0.15, 0.2) is 5.17 Å². The molecule has 1 saturated carbocycles. The number of ether oxygens (including phenoxy) is 1. The molecule has 0 bridgehead atoms. The average molecular weight is 471 g/mol. The molecule has 1 aliphatic carbocycles. The maximum atomic E-state index is 13.1. The fourth-order valence-electron chi connectivity index (χ4n) is 4.24. The van der Waals surface area contributed by atoms with Gasteiger partial charge in [-0.1, -0.05) is 30.0 Å². The number of aliphatic hydroxyl groups excluding tert-OH is 2. The van der Waals surface area contributed by atoms with Crippen molar-refractivity contribution in [3.05, 3.63) is 54.1 Å². The third-order valence-electron chi connectivity index (χ3n) is 6.10. The van der Waals surface area contributed by atoms with Crippen LogP contribution in [0, 0.1) is 5.92 Å². The molecule has 0 unspecified atom stereocenters. The van der Waals surface area contributed by atoms with E-state index in [4.69, 9.17) is 4.74 Å². The Bertz CT molecular complexity index is 1010. The molecule has 1 fully saturated rings. The van der Waals surface area contributed by atoms with Crippen LogP contribution in [0.1, 0.15) is 12.0 Å². The molecule has 1 aliphatic heterocycles. The molecule has 0 saturated heterocycles. The molecule has 2 aromatic carbocycles. The van der Waals surface area contributed by atoms with Crippen molar-refractivity contribution < 1.29 is 19.7 Å².